The number of fused-ring (bicyclic) bond motifs is 1. The van der Waals surface area contributed by atoms with Gasteiger partial charge in [-0.1, -0.05) is 11.6 Å². The van der Waals surface area contributed by atoms with Crippen LogP contribution in [0.4, 0.5) is 10.1 Å². The number of hydrogen-bond acceptors (Lipinski definition) is 5. The second-order valence-electron chi connectivity index (χ2n) is 5.50. The van der Waals surface area contributed by atoms with E-state index in [1.54, 1.807) is 19.1 Å². The van der Waals surface area contributed by atoms with E-state index < -0.39 is 17.4 Å². The van der Waals surface area contributed by atoms with E-state index in [9.17, 15) is 14.0 Å². The first-order valence-corrected chi connectivity index (χ1v) is 7.68. The summed E-state index contributed by atoms with van der Waals surface area (Å²) >= 11 is 6.11. The van der Waals surface area contributed by atoms with Gasteiger partial charge in [0.2, 0.25) is 0 Å². The van der Waals surface area contributed by atoms with Crippen LogP contribution in [-0.2, 0) is 11.3 Å². The Hall–Kier alpha value is -2.86. The quantitative estimate of drug-likeness (QED) is 0.435. The van der Waals surface area contributed by atoms with Crippen LogP contribution in [0.1, 0.15) is 21.5 Å². The Balaban J connectivity index is 1.91. The molecule has 0 fully saturated rings. The summed E-state index contributed by atoms with van der Waals surface area (Å²) in [5.41, 5.74) is 6.62. The van der Waals surface area contributed by atoms with Gasteiger partial charge >= 0.3 is 11.6 Å². The van der Waals surface area contributed by atoms with E-state index in [1.807, 2.05) is 0 Å². The summed E-state index contributed by atoms with van der Waals surface area (Å²) in [6, 6.07) is 7.90. The van der Waals surface area contributed by atoms with Gasteiger partial charge in [0.25, 0.3) is 0 Å². The first kappa shape index (κ1) is 17.0. The molecule has 3 aromatic rings. The van der Waals surface area contributed by atoms with Gasteiger partial charge in [-0.25, -0.2) is 14.0 Å². The van der Waals surface area contributed by atoms with Crippen LogP contribution in [0.3, 0.4) is 0 Å². The predicted molar refractivity (Wildman–Crippen MR) is 92.2 cm³/mol. The van der Waals surface area contributed by atoms with Crippen molar-refractivity contribution in [1.29, 1.82) is 0 Å². The average Bonchev–Trinajstić information content (AvgIpc) is 2.54. The van der Waals surface area contributed by atoms with E-state index in [1.165, 1.54) is 12.1 Å². The third-order valence-corrected chi connectivity index (χ3v) is 4.11. The summed E-state index contributed by atoms with van der Waals surface area (Å²) in [6.07, 6.45) is 0. The fourth-order valence-corrected chi connectivity index (χ4v) is 2.57. The highest BCUT2D eigenvalue weighted by Gasteiger charge is 2.14. The normalized spacial score (nSPS) is 10.8. The number of rotatable bonds is 3. The number of ether oxygens (including phenoxy) is 1. The van der Waals surface area contributed by atoms with E-state index in [2.05, 4.69) is 0 Å². The lowest BCUT2D eigenvalue weighted by atomic mass is 10.1. The van der Waals surface area contributed by atoms with Crippen molar-refractivity contribution in [3.63, 3.8) is 0 Å². The maximum Gasteiger partial charge on any atom is 0.340 e. The summed E-state index contributed by atoms with van der Waals surface area (Å²) in [6.45, 7) is 1.60. The number of anilines is 1. The molecule has 0 unspecified atom stereocenters. The molecule has 25 heavy (non-hydrogen) atoms. The Kier molecular flexibility index (Phi) is 4.46. The van der Waals surface area contributed by atoms with Gasteiger partial charge in [0, 0.05) is 27.7 Å². The Morgan fingerprint density at radius 2 is 2.04 bits per heavy atom. The number of halogens is 2. The number of nitrogen functional groups attached to an aromatic ring is 1. The number of carbonyl (C=O) groups is 1. The Bertz CT molecular complexity index is 1050. The summed E-state index contributed by atoms with van der Waals surface area (Å²) < 4.78 is 23.4. The minimum Gasteiger partial charge on any atom is -0.457 e. The Morgan fingerprint density at radius 1 is 1.28 bits per heavy atom. The van der Waals surface area contributed by atoms with Crippen LogP contribution >= 0.6 is 11.6 Å². The topological polar surface area (TPSA) is 82.5 Å². The van der Waals surface area contributed by atoms with Crippen molar-refractivity contribution >= 4 is 34.2 Å². The van der Waals surface area contributed by atoms with Crippen LogP contribution in [0.25, 0.3) is 11.0 Å². The molecule has 0 amide bonds. The highest BCUT2D eigenvalue weighted by molar-refractivity contribution is 6.32. The Labute approximate surface area is 146 Å². The van der Waals surface area contributed by atoms with Gasteiger partial charge in [-0.05, 0) is 42.8 Å². The highest BCUT2D eigenvalue weighted by Crippen LogP contribution is 2.26. The van der Waals surface area contributed by atoms with Gasteiger partial charge in [0.15, 0.2) is 0 Å². The molecule has 2 aromatic carbocycles. The van der Waals surface area contributed by atoms with Gasteiger partial charge in [-0.3, -0.25) is 0 Å². The summed E-state index contributed by atoms with van der Waals surface area (Å²) in [7, 11) is 0. The molecule has 0 saturated heterocycles. The molecular formula is C18H13ClFNO4. The third-order valence-electron chi connectivity index (χ3n) is 3.70. The van der Waals surface area contributed by atoms with Crippen LogP contribution in [-0.4, -0.2) is 5.97 Å². The molecule has 0 bridgehead atoms. The van der Waals surface area contributed by atoms with Crippen LogP contribution in [0.15, 0.2) is 45.6 Å². The van der Waals surface area contributed by atoms with Crippen molar-refractivity contribution < 1.29 is 18.3 Å². The monoisotopic (exact) mass is 361 g/mol. The summed E-state index contributed by atoms with van der Waals surface area (Å²) in [5.74, 6) is -1.28. The number of aryl methyl sites for hydroxylation is 1. The average molecular weight is 362 g/mol. The lowest BCUT2D eigenvalue weighted by Crippen LogP contribution is -2.10. The largest absolute Gasteiger partial charge is 0.457 e. The predicted octanol–water partition coefficient (Wildman–Crippen LogP) is 3.83. The van der Waals surface area contributed by atoms with Crippen LogP contribution in [0, 0.1) is 12.7 Å². The fourth-order valence-electron chi connectivity index (χ4n) is 2.41. The molecule has 1 aromatic heterocycles. The van der Waals surface area contributed by atoms with E-state index in [0.29, 0.717) is 21.6 Å². The molecule has 5 nitrogen and oxygen atoms in total. The molecule has 0 spiro atoms. The summed E-state index contributed by atoms with van der Waals surface area (Å²) in [4.78, 5) is 23.8. The zero-order valence-electron chi connectivity index (χ0n) is 13.1. The molecule has 0 saturated carbocycles. The van der Waals surface area contributed by atoms with Crippen LogP contribution < -0.4 is 11.4 Å². The summed E-state index contributed by atoms with van der Waals surface area (Å²) in [5, 5.41) is 1.06. The second-order valence-corrected chi connectivity index (χ2v) is 5.90. The number of benzene rings is 2. The maximum absolute atomic E-state index is 13.1. The molecular weight excluding hydrogens is 349 g/mol. The van der Waals surface area contributed by atoms with Gasteiger partial charge in [0.05, 0.1) is 5.56 Å². The molecule has 0 aliphatic carbocycles. The van der Waals surface area contributed by atoms with Gasteiger partial charge < -0.3 is 14.9 Å². The minimum absolute atomic E-state index is 0.0268. The van der Waals surface area contributed by atoms with Crippen molar-refractivity contribution in [2.75, 3.05) is 5.73 Å². The van der Waals surface area contributed by atoms with E-state index >= 15 is 0 Å². The molecule has 0 aliphatic heterocycles. The minimum atomic E-state index is -0.725. The highest BCUT2D eigenvalue weighted by atomic mass is 35.5. The number of carbonyl (C=O) groups excluding carboxylic acids is 1. The molecule has 2 N–H and O–H groups in total. The zero-order chi connectivity index (χ0) is 18.1. The number of nitrogens with two attached hydrogens (primary N) is 1. The van der Waals surface area contributed by atoms with Crippen molar-refractivity contribution in [1.82, 2.24) is 0 Å². The third kappa shape index (κ3) is 3.49. The molecule has 0 radical (unpaired) electrons. The van der Waals surface area contributed by atoms with E-state index in [-0.39, 0.29) is 17.9 Å². The molecule has 128 valence electrons. The molecule has 3 rings (SSSR count). The smallest absolute Gasteiger partial charge is 0.340 e. The Morgan fingerprint density at radius 3 is 2.76 bits per heavy atom. The number of hydrogen-bond donors (Lipinski definition) is 1. The van der Waals surface area contributed by atoms with Gasteiger partial charge in [-0.15, -0.1) is 0 Å². The maximum atomic E-state index is 13.1. The molecule has 7 heteroatoms. The SMILES string of the molecule is Cc1cc2oc(=O)cc(COC(=O)c3ccc(F)cc3N)c2cc1Cl. The van der Waals surface area contributed by atoms with Crippen molar-refractivity contribution in [2.24, 2.45) is 0 Å². The molecule has 0 aliphatic rings. The lowest BCUT2D eigenvalue weighted by molar-refractivity contribution is 0.0475. The zero-order valence-corrected chi connectivity index (χ0v) is 13.9. The molecule has 1 heterocycles. The van der Waals surface area contributed by atoms with Crippen molar-refractivity contribution in [3.05, 3.63) is 74.3 Å². The number of esters is 1. The molecule has 0 atom stereocenters. The van der Waals surface area contributed by atoms with Crippen molar-refractivity contribution in [3.8, 4) is 0 Å². The fraction of sp³-hybridized carbons (Fsp3) is 0.111. The van der Waals surface area contributed by atoms with Crippen LogP contribution in [0.2, 0.25) is 5.02 Å². The van der Waals surface area contributed by atoms with Crippen LogP contribution in [0.5, 0.6) is 0 Å². The first-order chi connectivity index (χ1) is 11.8. The second kappa shape index (κ2) is 6.57. The van der Waals surface area contributed by atoms with Gasteiger partial charge in [0.1, 0.15) is 18.0 Å². The first-order valence-electron chi connectivity index (χ1n) is 7.30. The van der Waals surface area contributed by atoms with Crippen molar-refractivity contribution in [2.45, 2.75) is 13.5 Å². The van der Waals surface area contributed by atoms with E-state index in [4.69, 9.17) is 26.5 Å². The van der Waals surface area contributed by atoms with Gasteiger partial charge in [-0.2, -0.15) is 0 Å². The van der Waals surface area contributed by atoms with E-state index in [0.717, 1.165) is 17.7 Å². The standard InChI is InChI=1S/C18H13ClFNO4/c1-9-4-16-13(7-14(9)19)10(5-17(22)25-16)8-24-18(23)12-3-2-11(20)6-15(12)21/h2-7H,8,21H2,1H3. The lowest BCUT2D eigenvalue weighted by Gasteiger charge is -2.09.